The van der Waals surface area contributed by atoms with Gasteiger partial charge in [-0.05, 0) is 46.5 Å². The summed E-state index contributed by atoms with van der Waals surface area (Å²) >= 11 is 3.47. The smallest absolute Gasteiger partial charge is 0.175 e. The lowest BCUT2D eigenvalue weighted by Crippen LogP contribution is -2.00. The molecule has 1 heterocycles. The molecule has 0 bridgehead atoms. The van der Waals surface area contributed by atoms with Crippen LogP contribution in [0.15, 0.2) is 16.6 Å². The number of aliphatic hydroxyl groups excluding tert-OH is 1. The zero-order chi connectivity index (χ0) is 13.7. The quantitative estimate of drug-likeness (QED) is 0.681. The van der Waals surface area contributed by atoms with Gasteiger partial charge in [-0.25, -0.2) is 0 Å². The first-order chi connectivity index (χ1) is 9.22. The monoisotopic (exact) mass is 324 g/mol. The minimum Gasteiger partial charge on any atom is -0.490 e. The van der Waals surface area contributed by atoms with E-state index in [1.54, 1.807) is 0 Å². The SMILES string of the molecule is C#CCCCC(O)c1cc(Br)c2c(c1)OCCCO2. The molecule has 1 aromatic carbocycles. The van der Waals surface area contributed by atoms with Crippen LogP contribution in [0, 0.1) is 12.3 Å². The third kappa shape index (κ3) is 3.65. The maximum Gasteiger partial charge on any atom is 0.175 e. The molecule has 1 aromatic rings. The van der Waals surface area contributed by atoms with Gasteiger partial charge in [-0.15, -0.1) is 12.3 Å². The van der Waals surface area contributed by atoms with E-state index in [1.807, 2.05) is 12.1 Å². The van der Waals surface area contributed by atoms with E-state index in [0.717, 1.165) is 28.6 Å². The summed E-state index contributed by atoms with van der Waals surface area (Å²) < 4.78 is 12.1. The highest BCUT2D eigenvalue weighted by atomic mass is 79.9. The van der Waals surface area contributed by atoms with Gasteiger partial charge in [-0.2, -0.15) is 0 Å². The zero-order valence-corrected chi connectivity index (χ0v) is 12.3. The topological polar surface area (TPSA) is 38.7 Å². The standard InChI is InChI=1S/C15H17BrO3/c1-2-3-4-6-13(17)11-9-12(16)15-14(10-11)18-7-5-8-19-15/h1,9-10,13,17H,3-8H2. The molecule has 4 heteroatoms. The lowest BCUT2D eigenvalue weighted by molar-refractivity contribution is 0.164. The first-order valence-corrected chi connectivity index (χ1v) is 7.22. The minimum absolute atomic E-state index is 0.526. The molecule has 3 nitrogen and oxygen atoms in total. The average Bonchev–Trinajstić information content (AvgIpc) is 2.64. The maximum absolute atomic E-state index is 10.2. The lowest BCUT2D eigenvalue weighted by Gasteiger charge is -2.15. The Balaban J connectivity index is 2.16. The van der Waals surface area contributed by atoms with E-state index < -0.39 is 6.10 Å². The number of hydrogen-bond donors (Lipinski definition) is 1. The van der Waals surface area contributed by atoms with Crippen molar-refractivity contribution in [3.63, 3.8) is 0 Å². The van der Waals surface area contributed by atoms with E-state index in [9.17, 15) is 5.11 Å². The molecule has 102 valence electrons. The molecular weight excluding hydrogens is 308 g/mol. The van der Waals surface area contributed by atoms with Gasteiger partial charge in [0, 0.05) is 12.8 Å². The van der Waals surface area contributed by atoms with Gasteiger partial charge in [0.25, 0.3) is 0 Å². The van der Waals surface area contributed by atoms with Crippen molar-refractivity contribution in [2.45, 2.75) is 31.8 Å². The van der Waals surface area contributed by atoms with Gasteiger partial charge in [0.15, 0.2) is 11.5 Å². The van der Waals surface area contributed by atoms with Crippen molar-refractivity contribution in [2.24, 2.45) is 0 Å². The Morgan fingerprint density at radius 2 is 2.16 bits per heavy atom. The number of aliphatic hydroxyl groups is 1. The van der Waals surface area contributed by atoms with Crippen molar-refractivity contribution in [3.8, 4) is 23.8 Å². The summed E-state index contributed by atoms with van der Waals surface area (Å²) in [6.45, 7) is 1.28. The average molecular weight is 325 g/mol. The van der Waals surface area contributed by atoms with Crippen LogP contribution in [-0.2, 0) is 0 Å². The Bertz CT molecular complexity index is 479. The molecule has 0 aromatic heterocycles. The molecular formula is C15H17BrO3. The minimum atomic E-state index is -0.526. The second-order valence-corrected chi connectivity index (χ2v) is 5.35. The van der Waals surface area contributed by atoms with Crippen molar-refractivity contribution in [1.29, 1.82) is 0 Å². The highest BCUT2D eigenvalue weighted by Crippen LogP contribution is 2.40. The highest BCUT2D eigenvalue weighted by Gasteiger charge is 2.18. The third-order valence-corrected chi connectivity index (χ3v) is 3.60. The summed E-state index contributed by atoms with van der Waals surface area (Å²) in [6, 6.07) is 3.74. The van der Waals surface area contributed by atoms with Crippen molar-refractivity contribution in [1.82, 2.24) is 0 Å². The Labute approximate surface area is 122 Å². The summed E-state index contributed by atoms with van der Waals surface area (Å²) in [5, 5.41) is 10.2. The van der Waals surface area contributed by atoms with E-state index >= 15 is 0 Å². The number of terminal acetylenes is 1. The van der Waals surface area contributed by atoms with Crippen LogP contribution in [0.3, 0.4) is 0 Å². The second kappa shape index (κ2) is 6.83. The van der Waals surface area contributed by atoms with Gasteiger partial charge < -0.3 is 14.6 Å². The second-order valence-electron chi connectivity index (χ2n) is 4.49. The molecule has 1 unspecified atom stereocenters. The van der Waals surface area contributed by atoms with Crippen molar-refractivity contribution < 1.29 is 14.6 Å². The fourth-order valence-electron chi connectivity index (χ4n) is 2.01. The fraction of sp³-hybridized carbons (Fsp3) is 0.467. The molecule has 19 heavy (non-hydrogen) atoms. The summed E-state index contributed by atoms with van der Waals surface area (Å²) in [7, 11) is 0. The van der Waals surface area contributed by atoms with E-state index in [0.29, 0.717) is 31.8 Å². The molecule has 1 N–H and O–H groups in total. The Morgan fingerprint density at radius 3 is 2.95 bits per heavy atom. The van der Waals surface area contributed by atoms with E-state index in [2.05, 4.69) is 21.9 Å². The van der Waals surface area contributed by atoms with Crippen LogP contribution in [0.2, 0.25) is 0 Å². The van der Waals surface area contributed by atoms with Crippen molar-refractivity contribution >= 4 is 15.9 Å². The van der Waals surface area contributed by atoms with Gasteiger partial charge in [-0.3, -0.25) is 0 Å². The maximum atomic E-state index is 10.2. The molecule has 2 rings (SSSR count). The summed E-state index contributed by atoms with van der Waals surface area (Å²) in [5.41, 5.74) is 0.827. The van der Waals surface area contributed by atoms with Gasteiger partial charge >= 0.3 is 0 Å². The molecule has 0 saturated heterocycles. The Kier molecular flexibility index (Phi) is 5.12. The Hall–Kier alpha value is -1.18. The third-order valence-electron chi connectivity index (χ3n) is 3.01. The van der Waals surface area contributed by atoms with Crippen molar-refractivity contribution in [3.05, 3.63) is 22.2 Å². The molecule has 0 aliphatic carbocycles. The number of rotatable bonds is 4. The molecule has 0 saturated carbocycles. The molecule has 1 atom stereocenters. The number of fused-ring (bicyclic) bond motifs is 1. The van der Waals surface area contributed by atoms with Crippen LogP contribution in [0.5, 0.6) is 11.5 Å². The number of halogens is 1. The summed E-state index contributed by atoms with van der Waals surface area (Å²) in [6.07, 6.45) is 7.69. The molecule has 0 amide bonds. The van der Waals surface area contributed by atoms with Gasteiger partial charge in [0.2, 0.25) is 0 Å². The van der Waals surface area contributed by atoms with Crippen LogP contribution < -0.4 is 9.47 Å². The number of hydrogen-bond acceptors (Lipinski definition) is 3. The van der Waals surface area contributed by atoms with E-state index in [1.165, 1.54) is 0 Å². The normalized spacial score (nSPS) is 15.4. The van der Waals surface area contributed by atoms with Crippen LogP contribution in [0.1, 0.15) is 37.4 Å². The van der Waals surface area contributed by atoms with Crippen LogP contribution in [0.25, 0.3) is 0 Å². The van der Waals surface area contributed by atoms with Gasteiger partial charge in [0.1, 0.15) is 0 Å². The van der Waals surface area contributed by atoms with Crippen molar-refractivity contribution in [2.75, 3.05) is 13.2 Å². The number of unbranched alkanes of at least 4 members (excludes halogenated alkanes) is 1. The summed E-state index contributed by atoms with van der Waals surface area (Å²) in [4.78, 5) is 0. The number of benzene rings is 1. The summed E-state index contributed by atoms with van der Waals surface area (Å²) in [5.74, 6) is 3.99. The van der Waals surface area contributed by atoms with Crippen LogP contribution in [0.4, 0.5) is 0 Å². The molecule has 1 aliphatic heterocycles. The van der Waals surface area contributed by atoms with Crippen LogP contribution >= 0.6 is 15.9 Å². The molecule has 0 radical (unpaired) electrons. The molecule has 0 spiro atoms. The van der Waals surface area contributed by atoms with Crippen LogP contribution in [-0.4, -0.2) is 18.3 Å². The van der Waals surface area contributed by atoms with E-state index in [4.69, 9.17) is 15.9 Å². The van der Waals surface area contributed by atoms with E-state index in [-0.39, 0.29) is 0 Å². The lowest BCUT2D eigenvalue weighted by atomic mass is 10.0. The van der Waals surface area contributed by atoms with Gasteiger partial charge in [0.05, 0.1) is 23.8 Å². The largest absolute Gasteiger partial charge is 0.490 e. The predicted octanol–water partition coefficient (Wildman–Crippen LogP) is 3.45. The molecule has 0 fully saturated rings. The molecule has 1 aliphatic rings. The first-order valence-electron chi connectivity index (χ1n) is 6.43. The predicted molar refractivity (Wildman–Crippen MR) is 77.4 cm³/mol. The Morgan fingerprint density at radius 1 is 1.37 bits per heavy atom. The fourth-order valence-corrected chi connectivity index (χ4v) is 2.58. The highest BCUT2D eigenvalue weighted by molar-refractivity contribution is 9.10. The first kappa shape index (κ1) is 14.2. The van der Waals surface area contributed by atoms with Gasteiger partial charge in [-0.1, -0.05) is 0 Å². The number of ether oxygens (including phenoxy) is 2. The zero-order valence-electron chi connectivity index (χ0n) is 10.7.